The van der Waals surface area contributed by atoms with Crippen molar-refractivity contribution in [1.82, 2.24) is 4.98 Å². The number of hydrogen-bond donors (Lipinski definition) is 2. The smallest absolute Gasteiger partial charge is 0.255 e. The lowest BCUT2D eigenvalue weighted by Crippen LogP contribution is -2.14. The van der Waals surface area contributed by atoms with E-state index in [1.165, 1.54) is 12.3 Å². The summed E-state index contributed by atoms with van der Waals surface area (Å²) in [4.78, 5) is 15.7. The van der Waals surface area contributed by atoms with Crippen LogP contribution in [0.5, 0.6) is 0 Å². The molecule has 0 atom stereocenters. The van der Waals surface area contributed by atoms with Crippen LogP contribution < -0.4 is 10.0 Å². The predicted octanol–water partition coefficient (Wildman–Crippen LogP) is 2.84. The minimum absolute atomic E-state index is 0.0402. The highest BCUT2D eigenvalue weighted by atomic mass is 32.2. The third-order valence-electron chi connectivity index (χ3n) is 3.46. The lowest BCUT2D eigenvalue weighted by Gasteiger charge is -2.06. The number of sulfonamides is 1. The number of pyridine rings is 1. The largest absolute Gasteiger partial charge is 0.310 e. The molecule has 124 valence electrons. The Balaban J connectivity index is 1.62. The van der Waals surface area contributed by atoms with Gasteiger partial charge in [0.25, 0.3) is 10.0 Å². The number of nitrogens with zero attached hydrogens (tertiary/aromatic N) is 1. The Morgan fingerprint density at radius 2 is 1.88 bits per heavy atom. The Labute approximate surface area is 140 Å². The van der Waals surface area contributed by atoms with Crippen molar-refractivity contribution in [3.63, 3.8) is 0 Å². The van der Waals surface area contributed by atoms with Gasteiger partial charge in [-0.15, -0.1) is 0 Å². The molecule has 3 rings (SSSR count). The molecular formula is C17H17N3O3S. The van der Waals surface area contributed by atoms with Gasteiger partial charge in [0.2, 0.25) is 5.91 Å². The second-order valence-electron chi connectivity index (χ2n) is 5.56. The average Bonchev–Trinajstić information content (AvgIpc) is 3.41. The van der Waals surface area contributed by atoms with Crippen LogP contribution in [0.15, 0.2) is 54.1 Å². The van der Waals surface area contributed by atoms with Gasteiger partial charge in [0, 0.05) is 5.92 Å². The van der Waals surface area contributed by atoms with Gasteiger partial charge in [0.1, 0.15) is 5.82 Å². The summed E-state index contributed by atoms with van der Waals surface area (Å²) in [5, 5.41) is 3.80. The van der Waals surface area contributed by atoms with Crippen LogP contribution in [0.3, 0.4) is 0 Å². The molecule has 0 bridgehead atoms. The van der Waals surface area contributed by atoms with E-state index in [-0.39, 0.29) is 11.8 Å². The summed E-state index contributed by atoms with van der Waals surface area (Å²) in [6.07, 6.45) is 4.71. The Bertz CT molecular complexity index is 842. The molecule has 7 heteroatoms. The molecule has 2 N–H and O–H groups in total. The summed E-state index contributed by atoms with van der Waals surface area (Å²) in [7, 11) is -3.63. The maximum absolute atomic E-state index is 12.0. The van der Waals surface area contributed by atoms with Gasteiger partial charge in [0.05, 0.1) is 17.3 Å². The summed E-state index contributed by atoms with van der Waals surface area (Å²) >= 11 is 0. The number of nitrogens with one attached hydrogen (secondary N) is 2. The van der Waals surface area contributed by atoms with Crippen molar-refractivity contribution in [2.24, 2.45) is 5.92 Å². The Morgan fingerprint density at radius 1 is 1.12 bits per heavy atom. The molecular weight excluding hydrogens is 326 g/mol. The lowest BCUT2D eigenvalue weighted by atomic mass is 10.2. The highest BCUT2D eigenvalue weighted by Crippen LogP contribution is 2.30. The Kier molecular flexibility index (Phi) is 4.61. The number of hydrogen-bond acceptors (Lipinski definition) is 4. The van der Waals surface area contributed by atoms with Gasteiger partial charge in [-0.05, 0) is 36.6 Å². The van der Waals surface area contributed by atoms with Gasteiger partial charge in [-0.3, -0.25) is 9.52 Å². The Morgan fingerprint density at radius 3 is 2.50 bits per heavy atom. The van der Waals surface area contributed by atoms with Gasteiger partial charge in [-0.1, -0.05) is 30.3 Å². The number of amides is 1. The molecule has 0 saturated heterocycles. The first-order valence-electron chi connectivity index (χ1n) is 7.55. The lowest BCUT2D eigenvalue weighted by molar-refractivity contribution is -0.117. The second-order valence-corrected chi connectivity index (χ2v) is 7.12. The van der Waals surface area contributed by atoms with Crippen LogP contribution in [0.2, 0.25) is 0 Å². The molecule has 6 nitrogen and oxygen atoms in total. The topological polar surface area (TPSA) is 88.2 Å². The van der Waals surface area contributed by atoms with Crippen molar-refractivity contribution < 1.29 is 13.2 Å². The number of rotatable bonds is 6. The maximum Gasteiger partial charge on any atom is 0.255 e. The van der Waals surface area contributed by atoms with E-state index in [0.717, 1.165) is 23.8 Å². The van der Waals surface area contributed by atoms with Gasteiger partial charge in [0.15, 0.2) is 0 Å². The first kappa shape index (κ1) is 16.2. The first-order valence-corrected chi connectivity index (χ1v) is 9.09. The highest BCUT2D eigenvalue weighted by Gasteiger charge is 2.29. The van der Waals surface area contributed by atoms with Gasteiger partial charge >= 0.3 is 0 Å². The van der Waals surface area contributed by atoms with Gasteiger partial charge in [-0.25, -0.2) is 13.4 Å². The first-order chi connectivity index (χ1) is 11.5. The molecule has 1 aromatic carbocycles. The number of benzene rings is 1. The van der Waals surface area contributed by atoms with E-state index < -0.39 is 10.0 Å². The van der Waals surface area contributed by atoms with Crippen molar-refractivity contribution in [3.8, 4) is 0 Å². The minimum atomic E-state index is -3.63. The van der Waals surface area contributed by atoms with E-state index in [1.54, 1.807) is 12.1 Å². The third kappa shape index (κ3) is 4.66. The fourth-order valence-electron chi connectivity index (χ4n) is 2.03. The third-order valence-corrected chi connectivity index (χ3v) is 4.48. The zero-order valence-electron chi connectivity index (χ0n) is 12.8. The van der Waals surface area contributed by atoms with Crippen molar-refractivity contribution in [3.05, 3.63) is 59.6 Å². The minimum Gasteiger partial charge on any atom is -0.310 e. The second kappa shape index (κ2) is 6.84. The fourth-order valence-corrected chi connectivity index (χ4v) is 2.89. The van der Waals surface area contributed by atoms with E-state index >= 15 is 0 Å². The number of anilines is 2. The van der Waals surface area contributed by atoms with Crippen LogP contribution in [0.1, 0.15) is 18.4 Å². The Hall–Kier alpha value is -2.67. The molecule has 1 aliphatic carbocycles. The maximum atomic E-state index is 12.0. The van der Waals surface area contributed by atoms with E-state index in [2.05, 4.69) is 15.0 Å². The molecule has 0 radical (unpaired) electrons. The van der Waals surface area contributed by atoms with Crippen molar-refractivity contribution in [1.29, 1.82) is 0 Å². The van der Waals surface area contributed by atoms with E-state index in [0.29, 0.717) is 11.5 Å². The number of carbonyl (C=O) groups excluding carboxylic acids is 1. The highest BCUT2D eigenvalue weighted by molar-refractivity contribution is 7.95. The zero-order chi connectivity index (χ0) is 17.0. The normalized spacial score (nSPS) is 14.5. The number of aromatic nitrogens is 1. The summed E-state index contributed by atoms with van der Waals surface area (Å²) in [6, 6.07) is 12.3. The molecule has 1 aromatic heterocycles. The van der Waals surface area contributed by atoms with Crippen molar-refractivity contribution in [2.45, 2.75) is 12.8 Å². The average molecular weight is 343 g/mol. The summed E-state index contributed by atoms with van der Waals surface area (Å²) in [5.74, 6) is 0.462. The molecule has 2 aromatic rings. The van der Waals surface area contributed by atoms with Crippen molar-refractivity contribution in [2.75, 3.05) is 10.0 Å². The van der Waals surface area contributed by atoms with Crippen LogP contribution in [-0.2, 0) is 14.8 Å². The van der Waals surface area contributed by atoms with Crippen molar-refractivity contribution >= 4 is 33.5 Å². The fraction of sp³-hybridized carbons (Fsp3) is 0.176. The van der Waals surface area contributed by atoms with Crippen LogP contribution in [-0.4, -0.2) is 19.3 Å². The molecule has 1 aliphatic rings. The van der Waals surface area contributed by atoms with Gasteiger partial charge < -0.3 is 5.32 Å². The SMILES string of the molecule is O=C(Nc1ccc(NS(=O)(=O)/C=C/c2ccccc2)cn1)C1CC1. The molecule has 1 amide bonds. The van der Waals surface area contributed by atoms with E-state index in [4.69, 9.17) is 0 Å². The molecule has 1 fully saturated rings. The van der Waals surface area contributed by atoms with Crippen LogP contribution in [0.25, 0.3) is 6.08 Å². The summed E-state index contributed by atoms with van der Waals surface area (Å²) in [6.45, 7) is 0. The molecule has 1 saturated carbocycles. The molecule has 0 aliphatic heterocycles. The standard InChI is InChI=1S/C17H17N3O3S/c21-17(14-6-7-14)19-16-9-8-15(12-18-16)20-24(22,23)11-10-13-4-2-1-3-5-13/h1-5,8-12,14,20H,6-7H2,(H,18,19,21)/b11-10+. The predicted molar refractivity (Wildman–Crippen MR) is 93.6 cm³/mol. The molecule has 24 heavy (non-hydrogen) atoms. The van der Waals surface area contributed by atoms with E-state index in [9.17, 15) is 13.2 Å². The molecule has 0 spiro atoms. The quantitative estimate of drug-likeness (QED) is 0.844. The number of carbonyl (C=O) groups is 1. The van der Waals surface area contributed by atoms with E-state index in [1.807, 2.05) is 30.3 Å². The van der Waals surface area contributed by atoms with Gasteiger partial charge in [-0.2, -0.15) is 0 Å². The summed E-state index contributed by atoms with van der Waals surface area (Å²) < 4.78 is 26.5. The van der Waals surface area contributed by atoms with Crippen LogP contribution in [0.4, 0.5) is 11.5 Å². The zero-order valence-corrected chi connectivity index (χ0v) is 13.7. The van der Waals surface area contributed by atoms with Crippen LogP contribution >= 0.6 is 0 Å². The molecule has 0 unspecified atom stereocenters. The monoisotopic (exact) mass is 343 g/mol. The summed E-state index contributed by atoms with van der Waals surface area (Å²) in [5.41, 5.74) is 1.12. The molecule has 1 heterocycles. The van der Waals surface area contributed by atoms with Crippen LogP contribution in [0, 0.1) is 5.92 Å².